The highest BCUT2D eigenvalue weighted by Crippen LogP contribution is 2.25. The van der Waals surface area contributed by atoms with Crippen molar-refractivity contribution >= 4 is 47.3 Å². The van der Waals surface area contributed by atoms with E-state index in [1.807, 2.05) is 6.92 Å². The van der Waals surface area contributed by atoms with Gasteiger partial charge in [0.2, 0.25) is 0 Å². The van der Waals surface area contributed by atoms with Crippen LogP contribution in [0.5, 0.6) is 0 Å². The van der Waals surface area contributed by atoms with Gasteiger partial charge < -0.3 is 27.2 Å². The fourth-order valence-corrected chi connectivity index (χ4v) is 2.35. The highest BCUT2D eigenvalue weighted by Gasteiger charge is 2.27. The van der Waals surface area contributed by atoms with Crippen molar-refractivity contribution in [3.8, 4) is 0 Å². The second-order valence-electron chi connectivity index (χ2n) is 5.57. The van der Waals surface area contributed by atoms with E-state index in [0.717, 1.165) is 0 Å². The van der Waals surface area contributed by atoms with Gasteiger partial charge in [-0.1, -0.05) is 24.9 Å². The first-order chi connectivity index (χ1) is 13.5. The molecule has 0 aromatic carbocycles. The van der Waals surface area contributed by atoms with Gasteiger partial charge in [0.1, 0.15) is 0 Å². The Balaban J connectivity index is 3.25. The summed E-state index contributed by atoms with van der Waals surface area (Å²) in [5.41, 5.74) is 9.61. The summed E-state index contributed by atoms with van der Waals surface area (Å²) in [5, 5.41) is 13.6. The van der Waals surface area contributed by atoms with Crippen molar-refractivity contribution in [3.05, 3.63) is 10.8 Å². The van der Waals surface area contributed by atoms with Gasteiger partial charge in [-0.3, -0.25) is 4.79 Å². The SMILES string of the molecule is CCC[C@@H](CNC(=O)c1nc(Cl)c(N(N)C(N)=O)nc1N(N)C(N)=O)NC(=O)O. The van der Waals surface area contributed by atoms with Crippen molar-refractivity contribution in [2.24, 2.45) is 23.2 Å². The zero-order valence-electron chi connectivity index (χ0n) is 15.3. The van der Waals surface area contributed by atoms with Crippen LogP contribution in [0.3, 0.4) is 0 Å². The summed E-state index contributed by atoms with van der Waals surface area (Å²) in [6, 6.07) is -2.96. The first kappa shape index (κ1) is 23.6. The maximum absolute atomic E-state index is 12.5. The zero-order valence-corrected chi connectivity index (χ0v) is 16.0. The molecule has 0 radical (unpaired) electrons. The summed E-state index contributed by atoms with van der Waals surface area (Å²) >= 11 is 5.90. The Kier molecular flexibility index (Phi) is 8.31. The Morgan fingerprint density at radius 1 is 1.10 bits per heavy atom. The van der Waals surface area contributed by atoms with Crippen LogP contribution in [0.15, 0.2) is 0 Å². The molecule has 1 rings (SSSR count). The van der Waals surface area contributed by atoms with Gasteiger partial charge in [-0.2, -0.15) is 0 Å². The summed E-state index contributed by atoms with van der Waals surface area (Å²) in [5.74, 6) is 8.98. The third-order valence-corrected chi connectivity index (χ3v) is 3.69. The first-order valence-electron chi connectivity index (χ1n) is 8.03. The molecule has 0 aliphatic heterocycles. The lowest BCUT2D eigenvalue weighted by molar-refractivity contribution is 0.0943. The van der Waals surface area contributed by atoms with Crippen LogP contribution in [-0.4, -0.2) is 51.7 Å². The molecule has 0 saturated carbocycles. The van der Waals surface area contributed by atoms with Gasteiger partial charge in [0.15, 0.2) is 22.5 Å². The number of primary amides is 2. The smallest absolute Gasteiger partial charge is 0.404 e. The molecule has 1 aromatic rings. The lowest BCUT2D eigenvalue weighted by Crippen LogP contribution is -2.47. The summed E-state index contributed by atoms with van der Waals surface area (Å²) in [4.78, 5) is 53.6. The van der Waals surface area contributed by atoms with Crippen molar-refractivity contribution < 1.29 is 24.3 Å². The van der Waals surface area contributed by atoms with Crippen LogP contribution in [0.25, 0.3) is 0 Å². The number of nitrogens with zero attached hydrogens (tertiary/aromatic N) is 4. The fraction of sp³-hybridized carbons (Fsp3) is 0.385. The Labute approximate surface area is 169 Å². The van der Waals surface area contributed by atoms with Crippen LogP contribution in [0, 0.1) is 0 Å². The van der Waals surface area contributed by atoms with E-state index >= 15 is 0 Å². The predicted octanol–water partition coefficient (Wildman–Crippen LogP) is -1.19. The summed E-state index contributed by atoms with van der Waals surface area (Å²) < 4.78 is 0. The molecule has 0 spiro atoms. The molecule has 1 aromatic heterocycles. The Bertz CT molecular complexity index is 806. The maximum atomic E-state index is 12.5. The number of hydrazine groups is 2. The molecule has 15 nitrogen and oxygen atoms in total. The van der Waals surface area contributed by atoms with Crippen LogP contribution in [-0.2, 0) is 0 Å². The first-order valence-corrected chi connectivity index (χ1v) is 8.41. The molecule has 0 saturated heterocycles. The quantitative estimate of drug-likeness (QED) is 0.148. The van der Waals surface area contributed by atoms with E-state index in [-0.39, 0.29) is 11.6 Å². The molecule has 1 atom stereocenters. The highest BCUT2D eigenvalue weighted by molar-refractivity contribution is 6.32. The number of urea groups is 2. The number of nitrogens with one attached hydrogen (secondary N) is 2. The Morgan fingerprint density at radius 2 is 1.66 bits per heavy atom. The number of hydrogen-bond donors (Lipinski definition) is 7. The fourth-order valence-electron chi connectivity index (χ4n) is 2.13. The van der Waals surface area contributed by atoms with Crippen molar-refractivity contribution in [1.29, 1.82) is 0 Å². The van der Waals surface area contributed by atoms with E-state index in [1.54, 1.807) is 0 Å². The van der Waals surface area contributed by atoms with Gasteiger partial charge in [0.25, 0.3) is 5.91 Å². The number of anilines is 2. The molecule has 160 valence electrons. The van der Waals surface area contributed by atoms with E-state index in [2.05, 4.69) is 20.6 Å². The highest BCUT2D eigenvalue weighted by atomic mass is 35.5. The average Bonchev–Trinajstić information content (AvgIpc) is 2.64. The van der Waals surface area contributed by atoms with Crippen LogP contribution in [0.2, 0.25) is 5.15 Å². The molecule has 0 unspecified atom stereocenters. The van der Waals surface area contributed by atoms with E-state index in [0.29, 0.717) is 17.9 Å². The minimum absolute atomic E-state index is 0.106. The van der Waals surface area contributed by atoms with E-state index in [4.69, 9.17) is 39.9 Å². The normalized spacial score (nSPS) is 11.3. The van der Waals surface area contributed by atoms with Gasteiger partial charge in [-0.05, 0) is 6.42 Å². The van der Waals surface area contributed by atoms with Crippen molar-refractivity contribution in [2.75, 3.05) is 16.6 Å². The molecule has 1 heterocycles. The number of carboxylic acid groups (broad SMARTS) is 1. The Hall–Kier alpha value is -3.43. The lowest BCUT2D eigenvalue weighted by Gasteiger charge is -2.21. The largest absolute Gasteiger partial charge is 0.465 e. The van der Waals surface area contributed by atoms with Crippen molar-refractivity contribution in [1.82, 2.24) is 20.6 Å². The van der Waals surface area contributed by atoms with Gasteiger partial charge in [0.05, 0.1) is 0 Å². The maximum Gasteiger partial charge on any atom is 0.404 e. The zero-order chi connectivity index (χ0) is 22.3. The molecular formula is C13H21ClN10O5. The number of rotatable bonds is 8. The van der Waals surface area contributed by atoms with E-state index in [9.17, 15) is 19.2 Å². The molecular weight excluding hydrogens is 412 g/mol. The van der Waals surface area contributed by atoms with Gasteiger partial charge in [0, 0.05) is 12.6 Å². The van der Waals surface area contributed by atoms with Crippen LogP contribution >= 0.6 is 11.6 Å². The number of amides is 6. The third-order valence-electron chi connectivity index (χ3n) is 3.44. The van der Waals surface area contributed by atoms with Crippen molar-refractivity contribution in [2.45, 2.75) is 25.8 Å². The third kappa shape index (κ3) is 6.30. The molecule has 6 amide bonds. The number of hydrogen-bond acceptors (Lipinski definition) is 8. The number of aromatic nitrogens is 2. The summed E-state index contributed by atoms with van der Waals surface area (Å²) in [6.07, 6.45) is -0.179. The minimum Gasteiger partial charge on any atom is -0.465 e. The average molecular weight is 433 g/mol. The van der Waals surface area contributed by atoms with Crippen LogP contribution < -0.4 is 43.8 Å². The van der Waals surface area contributed by atoms with Crippen LogP contribution in [0.4, 0.5) is 26.0 Å². The molecule has 0 aliphatic carbocycles. The molecule has 29 heavy (non-hydrogen) atoms. The Morgan fingerprint density at radius 3 is 2.14 bits per heavy atom. The van der Waals surface area contributed by atoms with Gasteiger partial charge in [-0.25, -0.2) is 46.1 Å². The van der Waals surface area contributed by atoms with E-state index in [1.165, 1.54) is 0 Å². The molecule has 16 heteroatoms. The van der Waals surface area contributed by atoms with Crippen LogP contribution in [0.1, 0.15) is 30.3 Å². The molecule has 0 aliphatic rings. The molecule has 0 bridgehead atoms. The standard InChI is InChI=1S/C13H21ClN10O5/c1-2-3-5(20-13(28)29)4-19-10(25)6-8(23(17)11(15)26)22-9(7(14)21-6)24(18)12(16)27/h5,20H,2-4,17-18H2,1H3,(H2,15,26)(H2,16,27)(H,19,25)(H,28,29)/t5-/m0/s1. The monoisotopic (exact) mass is 432 g/mol. The molecule has 11 N–H and O–H groups in total. The second-order valence-corrected chi connectivity index (χ2v) is 5.93. The van der Waals surface area contributed by atoms with E-state index < -0.39 is 52.6 Å². The minimum atomic E-state index is -1.26. The molecule has 0 fully saturated rings. The number of nitrogens with two attached hydrogens (primary N) is 4. The summed E-state index contributed by atoms with van der Waals surface area (Å²) in [6.45, 7) is 1.72. The number of halogens is 1. The summed E-state index contributed by atoms with van der Waals surface area (Å²) in [7, 11) is 0. The number of carbonyl (C=O) groups excluding carboxylic acids is 3. The van der Waals surface area contributed by atoms with Gasteiger partial charge in [-0.15, -0.1) is 0 Å². The second kappa shape index (κ2) is 10.2. The van der Waals surface area contributed by atoms with Gasteiger partial charge >= 0.3 is 18.2 Å². The topological polar surface area (TPSA) is 249 Å². The van der Waals surface area contributed by atoms with Crippen molar-refractivity contribution in [3.63, 3.8) is 0 Å². The number of carbonyl (C=O) groups is 4. The lowest BCUT2D eigenvalue weighted by atomic mass is 10.1. The predicted molar refractivity (Wildman–Crippen MR) is 102 cm³/mol.